The molecule has 1 aromatic rings. The number of fused-ring (bicyclic) bond motifs is 1. The third-order valence-electron chi connectivity index (χ3n) is 2.44. The third-order valence-corrected chi connectivity index (χ3v) is 2.44. The van der Waals surface area contributed by atoms with E-state index in [1.54, 1.807) is 0 Å². The smallest absolute Gasteiger partial charge is 0.0243 e. The first kappa shape index (κ1) is 6.71. The molecule has 0 spiro atoms. The number of aryl methyl sites for hydroxylation is 1. The Morgan fingerprint density at radius 2 is 2.55 bits per heavy atom. The Kier molecular flexibility index (Phi) is 1.57. The van der Waals surface area contributed by atoms with Gasteiger partial charge < -0.3 is 4.57 Å². The highest BCUT2D eigenvalue weighted by molar-refractivity contribution is 5.18. The van der Waals surface area contributed by atoms with Crippen LogP contribution in [0.25, 0.3) is 0 Å². The molecule has 2 rings (SSSR count). The second-order valence-electron chi connectivity index (χ2n) is 3.11. The molecular weight excluding hydrogens is 134 g/mol. The number of nitrogens with zero attached hydrogens (tertiary/aromatic N) is 1. The molecule has 0 saturated carbocycles. The van der Waals surface area contributed by atoms with Gasteiger partial charge in [0.2, 0.25) is 0 Å². The standard InChI is InChI=1S/C10H13N/c1-2-9-5-3-7-11-8-4-6-10(9)11/h2,4,6,8-9H,1,3,5,7H2/t9-/m1/s1. The van der Waals surface area contributed by atoms with Crippen LogP contribution in [0.5, 0.6) is 0 Å². The van der Waals surface area contributed by atoms with Crippen LogP contribution in [0.1, 0.15) is 24.5 Å². The SMILES string of the molecule is C=C[C@@H]1CCCn2cccc21. The van der Waals surface area contributed by atoms with Gasteiger partial charge in [0.1, 0.15) is 0 Å². The Labute approximate surface area is 67.3 Å². The monoisotopic (exact) mass is 147 g/mol. The van der Waals surface area contributed by atoms with Crippen LogP contribution in [0, 0.1) is 0 Å². The Hall–Kier alpha value is -0.980. The van der Waals surface area contributed by atoms with Crippen LogP contribution in [-0.4, -0.2) is 4.57 Å². The summed E-state index contributed by atoms with van der Waals surface area (Å²) in [5, 5.41) is 0. The van der Waals surface area contributed by atoms with Gasteiger partial charge in [-0.15, -0.1) is 6.58 Å². The summed E-state index contributed by atoms with van der Waals surface area (Å²) in [6, 6.07) is 4.32. The van der Waals surface area contributed by atoms with Crippen molar-refractivity contribution < 1.29 is 0 Å². The summed E-state index contributed by atoms with van der Waals surface area (Å²) < 4.78 is 2.33. The van der Waals surface area contributed by atoms with Crippen LogP contribution in [0.15, 0.2) is 31.0 Å². The second kappa shape index (κ2) is 2.57. The van der Waals surface area contributed by atoms with Crippen molar-refractivity contribution in [3.05, 3.63) is 36.7 Å². The minimum absolute atomic E-state index is 0.596. The molecule has 0 amide bonds. The summed E-state index contributed by atoms with van der Waals surface area (Å²) in [5.74, 6) is 0.596. The molecule has 0 radical (unpaired) electrons. The molecule has 58 valence electrons. The lowest BCUT2D eigenvalue weighted by atomic mass is 9.96. The van der Waals surface area contributed by atoms with Crippen LogP contribution in [-0.2, 0) is 6.54 Å². The van der Waals surface area contributed by atoms with Crippen LogP contribution >= 0.6 is 0 Å². The summed E-state index contributed by atoms with van der Waals surface area (Å²) in [4.78, 5) is 0. The normalized spacial score (nSPS) is 22.7. The van der Waals surface area contributed by atoms with Gasteiger partial charge in [0.05, 0.1) is 0 Å². The van der Waals surface area contributed by atoms with Crippen LogP contribution in [0.3, 0.4) is 0 Å². The molecule has 1 aliphatic rings. The van der Waals surface area contributed by atoms with E-state index in [1.807, 2.05) is 0 Å². The maximum Gasteiger partial charge on any atom is 0.0243 e. The average Bonchev–Trinajstić information content (AvgIpc) is 2.50. The molecule has 1 aromatic heterocycles. The Balaban J connectivity index is 2.39. The van der Waals surface area contributed by atoms with Gasteiger partial charge in [0.15, 0.2) is 0 Å². The van der Waals surface area contributed by atoms with E-state index >= 15 is 0 Å². The molecule has 0 unspecified atom stereocenters. The molecule has 0 aliphatic carbocycles. The number of aromatic nitrogens is 1. The highest BCUT2D eigenvalue weighted by Crippen LogP contribution is 2.27. The van der Waals surface area contributed by atoms with Crippen molar-refractivity contribution in [2.24, 2.45) is 0 Å². The fraction of sp³-hybridized carbons (Fsp3) is 0.400. The van der Waals surface area contributed by atoms with Gasteiger partial charge in [-0.2, -0.15) is 0 Å². The first-order chi connectivity index (χ1) is 5.42. The van der Waals surface area contributed by atoms with E-state index in [4.69, 9.17) is 0 Å². The molecule has 1 nitrogen and oxygen atoms in total. The van der Waals surface area contributed by atoms with E-state index in [0.29, 0.717) is 5.92 Å². The van der Waals surface area contributed by atoms with Gasteiger partial charge in [0, 0.05) is 24.4 Å². The van der Waals surface area contributed by atoms with Gasteiger partial charge in [0.25, 0.3) is 0 Å². The van der Waals surface area contributed by atoms with Crippen molar-refractivity contribution in [2.75, 3.05) is 0 Å². The van der Waals surface area contributed by atoms with E-state index in [9.17, 15) is 0 Å². The van der Waals surface area contributed by atoms with E-state index < -0.39 is 0 Å². The van der Waals surface area contributed by atoms with Gasteiger partial charge in [-0.3, -0.25) is 0 Å². The third kappa shape index (κ3) is 1.01. The molecule has 0 aromatic carbocycles. The lowest BCUT2D eigenvalue weighted by Crippen LogP contribution is -2.12. The van der Waals surface area contributed by atoms with E-state index in [1.165, 1.54) is 25.1 Å². The summed E-state index contributed by atoms with van der Waals surface area (Å²) in [6.45, 7) is 5.04. The zero-order valence-electron chi connectivity index (χ0n) is 6.66. The first-order valence-electron chi connectivity index (χ1n) is 4.19. The number of allylic oxidation sites excluding steroid dienone is 1. The lowest BCUT2D eigenvalue weighted by Gasteiger charge is -2.21. The number of rotatable bonds is 1. The number of hydrogen-bond acceptors (Lipinski definition) is 0. The topological polar surface area (TPSA) is 4.93 Å². The predicted molar refractivity (Wildman–Crippen MR) is 46.6 cm³/mol. The van der Waals surface area contributed by atoms with Crippen LogP contribution < -0.4 is 0 Å². The van der Waals surface area contributed by atoms with E-state index in [0.717, 1.165) is 0 Å². The molecule has 1 aliphatic heterocycles. The second-order valence-corrected chi connectivity index (χ2v) is 3.11. The average molecular weight is 147 g/mol. The van der Waals surface area contributed by atoms with Gasteiger partial charge in [-0.1, -0.05) is 6.08 Å². The zero-order chi connectivity index (χ0) is 7.68. The molecule has 2 heterocycles. The molecule has 0 N–H and O–H groups in total. The largest absolute Gasteiger partial charge is 0.351 e. The molecule has 0 saturated heterocycles. The van der Waals surface area contributed by atoms with Crippen molar-refractivity contribution in [1.82, 2.24) is 4.57 Å². The fourth-order valence-electron chi connectivity index (χ4n) is 1.84. The molecular formula is C10H13N. The quantitative estimate of drug-likeness (QED) is 0.538. The Bertz CT molecular complexity index is 260. The molecule has 1 heteroatoms. The summed E-state index contributed by atoms with van der Waals surface area (Å²) in [7, 11) is 0. The highest BCUT2D eigenvalue weighted by Gasteiger charge is 2.15. The van der Waals surface area contributed by atoms with Gasteiger partial charge in [-0.05, 0) is 25.0 Å². The molecule has 0 bridgehead atoms. The van der Waals surface area contributed by atoms with Crippen LogP contribution in [0.2, 0.25) is 0 Å². The van der Waals surface area contributed by atoms with Gasteiger partial charge in [-0.25, -0.2) is 0 Å². The first-order valence-corrected chi connectivity index (χ1v) is 4.19. The number of hydrogen-bond donors (Lipinski definition) is 0. The Morgan fingerprint density at radius 1 is 1.64 bits per heavy atom. The fourth-order valence-corrected chi connectivity index (χ4v) is 1.84. The van der Waals surface area contributed by atoms with E-state index in [2.05, 4.69) is 35.6 Å². The van der Waals surface area contributed by atoms with Crippen molar-refractivity contribution in [1.29, 1.82) is 0 Å². The maximum absolute atomic E-state index is 3.85. The van der Waals surface area contributed by atoms with E-state index in [-0.39, 0.29) is 0 Å². The van der Waals surface area contributed by atoms with Gasteiger partial charge >= 0.3 is 0 Å². The van der Waals surface area contributed by atoms with Crippen LogP contribution in [0.4, 0.5) is 0 Å². The molecule has 11 heavy (non-hydrogen) atoms. The molecule has 1 atom stereocenters. The van der Waals surface area contributed by atoms with Crippen molar-refractivity contribution in [3.8, 4) is 0 Å². The lowest BCUT2D eigenvalue weighted by molar-refractivity contribution is 0.499. The molecule has 0 fully saturated rings. The summed E-state index contributed by atoms with van der Waals surface area (Å²) in [5.41, 5.74) is 1.44. The van der Waals surface area contributed by atoms with Crippen molar-refractivity contribution in [2.45, 2.75) is 25.3 Å². The summed E-state index contributed by atoms with van der Waals surface area (Å²) in [6.07, 6.45) is 6.78. The predicted octanol–water partition coefficient (Wildman–Crippen LogP) is 2.55. The Morgan fingerprint density at radius 3 is 3.36 bits per heavy atom. The zero-order valence-corrected chi connectivity index (χ0v) is 6.66. The van der Waals surface area contributed by atoms with Crippen molar-refractivity contribution in [3.63, 3.8) is 0 Å². The maximum atomic E-state index is 3.85. The highest BCUT2D eigenvalue weighted by atomic mass is 15.0. The minimum Gasteiger partial charge on any atom is -0.351 e. The van der Waals surface area contributed by atoms with Crippen molar-refractivity contribution >= 4 is 0 Å². The minimum atomic E-state index is 0.596. The summed E-state index contributed by atoms with van der Waals surface area (Å²) >= 11 is 0.